The lowest BCUT2D eigenvalue weighted by Gasteiger charge is -2.41. The third kappa shape index (κ3) is 5.56. The predicted octanol–water partition coefficient (Wildman–Crippen LogP) is 1.37. The number of amides is 1. The molecule has 12 heteroatoms. The number of aromatic nitrogens is 2. The maximum absolute atomic E-state index is 13.3. The van der Waals surface area contributed by atoms with Gasteiger partial charge in [-0.1, -0.05) is 0 Å². The topological polar surface area (TPSA) is 112 Å². The maximum atomic E-state index is 13.3. The SMILES string of the molecule is COc1cc(C)c(S(=O)(=O)N(C)Cc2nnc(C(=O)N3CCN(C4CCN(C)CC4)CC3)o2)c(C)c1. The van der Waals surface area contributed by atoms with Crippen LogP contribution in [-0.4, -0.2) is 110 Å². The molecular weight excluding hydrogens is 484 g/mol. The maximum Gasteiger partial charge on any atom is 0.311 e. The van der Waals surface area contributed by atoms with Gasteiger partial charge in [-0.25, -0.2) is 8.42 Å². The average molecular weight is 521 g/mol. The van der Waals surface area contributed by atoms with Crippen molar-refractivity contribution in [2.24, 2.45) is 0 Å². The number of carbonyl (C=O) groups is 1. The minimum atomic E-state index is -3.83. The van der Waals surface area contributed by atoms with Gasteiger partial charge in [0.2, 0.25) is 15.9 Å². The van der Waals surface area contributed by atoms with Crippen molar-refractivity contribution in [3.63, 3.8) is 0 Å². The highest BCUT2D eigenvalue weighted by atomic mass is 32.2. The summed E-state index contributed by atoms with van der Waals surface area (Å²) in [6.45, 7) is 8.38. The predicted molar refractivity (Wildman–Crippen MR) is 133 cm³/mol. The van der Waals surface area contributed by atoms with Gasteiger partial charge in [0.1, 0.15) is 5.75 Å². The zero-order valence-corrected chi connectivity index (χ0v) is 22.5. The summed E-state index contributed by atoms with van der Waals surface area (Å²) < 4.78 is 38.5. The van der Waals surface area contributed by atoms with E-state index in [-0.39, 0.29) is 29.1 Å². The van der Waals surface area contributed by atoms with E-state index in [0.717, 1.165) is 43.3 Å². The second-order valence-corrected chi connectivity index (χ2v) is 11.7. The summed E-state index contributed by atoms with van der Waals surface area (Å²) in [5.74, 6) is 0.238. The number of hydrogen-bond donors (Lipinski definition) is 0. The zero-order valence-electron chi connectivity index (χ0n) is 21.7. The molecule has 1 aromatic carbocycles. The first-order valence-corrected chi connectivity index (χ1v) is 13.7. The van der Waals surface area contributed by atoms with Gasteiger partial charge in [0, 0.05) is 39.3 Å². The van der Waals surface area contributed by atoms with Gasteiger partial charge >= 0.3 is 11.8 Å². The van der Waals surface area contributed by atoms with Crippen molar-refractivity contribution < 1.29 is 22.4 Å². The average Bonchev–Trinajstić information content (AvgIpc) is 3.32. The first kappa shape index (κ1) is 26.5. The van der Waals surface area contributed by atoms with E-state index in [0.29, 0.717) is 36.0 Å². The zero-order chi connectivity index (χ0) is 26.0. The molecule has 0 N–H and O–H groups in total. The van der Waals surface area contributed by atoms with Crippen molar-refractivity contribution >= 4 is 15.9 Å². The number of ether oxygens (including phenoxy) is 1. The van der Waals surface area contributed by atoms with Gasteiger partial charge in [-0.15, -0.1) is 10.2 Å². The molecule has 2 aliphatic heterocycles. The van der Waals surface area contributed by atoms with E-state index in [1.807, 2.05) is 0 Å². The van der Waals surface area contributed by atoms with E-state index in [1.165, 1.54) is 7.05 Å². The number of likely N-dealkylation sites (tertiary alicyclic amines) is 1. The molecule has 2 saturated heterocycles. The smallest absolute Gasteiger partial charge is 0.311 e. The number of nitrogens with zero attached hydrogens (tertiary/aromatic N) is 6. The van der Waals surface area contributed by atoms with Gasteiger partial charge in [-0.2, -0.15) is 4.31 Å². The Morgan fingerprint density at radius 2 is 1.69 bits per heavy atom. The fourth-order valence-corrected chi connectivity index (χ4v) is 6.58. The molecule has 198 valence electrons. The monoisotopic (exact) mass is 520 g/mol. The fourth-order valence-electron chi connectivity index (χ4n) is 5.06. The number of rotatable bonds is 7. The quantitative estimate of drug-likeness (QED) is 0.534. The van der Waals surface area contributed by atoms with Crippen LogP contribution in [0.2, 0.25) is 0 Å². The summed E-state index contributed by atoms with van der Waals surface area (Å²) in [6, 6.07) is 3.94. The van der Waals surface area contributed by atoms with Crippen LogP contribution in [0.25, 0.3) is 0 Å². The first-order valence-electron chi connectivity index (χ1n) is 12.3. The third-order valence-corrected chi connectivity index (χ3v) is 9.26. The largest absolute Gasteiger partial charge is 0.497 e. The molecule has 0 saturated carbocycles. The number of hydrogen-bond acceptors (Lipinski definition) is 9. The van der Waals surface area contributed by atoms with E-state index in [2.05, 4.69) is 27.0 Å². The van der Waals surface area contributed by atoms with Crippen LogP contribution < -0.4 is 4.74 Å². The van der Waals surface area contributed by atoms with Crippen LogP contribution in [0.5, 0.6) is 5.75 Å². The van der Waals surface area contributed by atoms with Gasteiger partial charge < -0.3 is 19.0 Å². The highest BCUT2D eigenvalue weighted by Crippen LogP contribution is 2.28. The number of benzene rings is 1. The molecule has 2 aliphatic rings. The minimum Gasteiger partial charge on any atom is -0.497 e. The fraction of sp³-hybridized carbons (Fsp3) is 0.625. The molecule has 0 bridgehead atoms. The summed E-state index contributed by atoms with van der Waals surface area (Å²) in [4.78, 5) is 19.7. The highest BCUT2D eigenvalue weighted by molar-refractivity contribution is 7.89. The number of aryl methyl sites for hydroxylation is 2. The molecular formula is C24H36N6O5S. The number of methoxy groups -OCH3 is 1. The van der Waals surface area contributed by atoms with Crippen LogP contribution in [-0.2, 0) is 16.6 Å². The Labute approximate surface area is 213 Å². The summed E-state index contributed by atoms with van der Waals surface area (Å²) in [7, 11) is 1.31. The summed E-state index contributed by atoms with van der Waals surface area (Å²) in [5, 5.41) is 7.85. The summed E-state index contributed by atoms with van der Waals surface area (Å²) >= 11 is 0. The number of piperazine rings is 1. The second kappa shape index (κ2) is 10.8. The van der Waals surface area contributed by atoms with Crippen LogP contribution in [0.15, 0.2) is 21.4 Å². The van der Waals surface area contributed by atoms with Crippen molar-refractivity contribution in [3.8, 4) is 5.75 Å². The van der Waals surface area contributed by atoms with Crippen LogP contribution in [0.1, 0.15) is 40.5 Å². The van der Waals surface area contributed by atoms with Crippen molar-refractivity contribution in [1.82, 2.24) is 29.2 Å². The normalized spacial score (nSPS) is 18.7. The van der Waals surface area contributed by atoms with E-state index >= 15 is 0 Å². The van der Waals surface area contributed by atoms with Crippen molar-refractivity contribution in [1.29, 1.82) is 0 Å². The summed E-state index contributed by atoms with van der Waals surface area (Å²) in [5.41, 5.74) is 1.17. The van der Waals surface area contributed by atoms with Gasteiger partial charge in [0.05, 0.1) is 18.6 Å². The Morgan fingerprint density at radius 3 is 2.28 bits per heavy atom. The van der Waals surface area contributed by atoms with Crippen LogP contribution >= 0.6 is 0 Å². The molecule has 4 rings (SSSR count). The van der Waals surface area contributed by atoms with Crippen LogP contribution in [0.4, 0.5) is 0 Å². The highest BCUT2D eigenvalue weighted by Gasteiger charge is 2.31. The number of carbonyl (C=O) groups excluding carboxylic acids is 1. The first-order chi connectivity index (χ1) is 17.1. The second-order valence-electron chi connectivity index (χ2n) is 9.71. The number of piperidine rings is 1. The molecule has 0 radical (unpaired) electrons. The van der Waals surface area contributed by atoms with E-state index in [4.69, 9.17) is 9.15 Å². The van der Waals surface area contributed by atoms with Gasteiger partial charge in [0.25, 0.3) is 0 Å². The van der Waals surface area contributed by atoms with E-state index < -0.39 is 10.0 Å². The lowest BCUT2D eigenvalue weighted by atomic mass is 10.0. The molecule has 1 aromatic heterocycles. The molecule has 0 spiro atoms. The Hall–Kier alpha value is -2.54. The molecule has 2 aromatic rings. The molecule has 2 fully saturated rings. The molecule has 0 aliphatic carbocycles. The Bertz CT molecular complexity index is 1160. The van der Waals surface area contributed by atoms with Crippen molar-refractivity contribution in [3.05, 3.63) is 35.0 Å². The molecule has 3 heterocycles. The Morgan fingerprint density at radius 1 is 1.08 bits per heavy atom. The van der Waals surface area contributed by atoms with Gasteiger partial charge in [-0.3, -0.25) is 9.69 Å². The van der Waals surface area contributed by atoms with Crippen LogP contribution in [0.3, 0.4) is 0 Å². The molecule has 0 unspecified atom stereocenters. The molecule has 36 heavy (non-hydrogen) atoms. The lowest BCUT2D eigenvalue weighted by molar-refractivity contribution is 0.0444. The Kier molecular flexibility index (Phi) is 7.98. The lowest BCUT2D eigenvalue weighted by Crippen LogP contribution is -2.54. The van der Waals surface area contributed by atoms with E-state index in [1.54, 1.807) is 38.0 Å². The third-order valence-electron chi connectivity index (χ3n) is 7.15. The molecule has 0 atom stereocenters. The summed E-state index contributed by atoms with van der Waals surface area (Å²) in [6.07, 6.45) is 2.31. The van der Waals surface area contributed by atoms with Gasteiger partial charge in [0.15, 0.2) is 0 Å². The van der Waals surface area contributed by atoms with Gasteiger partial charge in [-0.05, 0) is 70.1 Å². The minimum absolute atomic E-state index is 0.0678. The molecule has 1 amide bonds. The van der Waals surface area contributed by atoms with E-state index in [9.17, 15) is 13.2 Å². The Balaban J connectivity index is 1.37. The van der Waals surface area contributed by atoms with Crippen molar-refractivity contribution in [2.45, 2.75) is 44.2 Å². The standard InChI is InChI=1S/C24H36N6O5S/c1-17-14-20(34-5)15-18(2)22(17)36(32,33)28(4)16-21-25-26-23(35-21)24(31)30-12-10-29(11-13-30)19-6-8-27(3)9-7-19/h14-15,19H,6-13,16H2,1-5H3. The van der Waals surface area contributed by atoms with Crippen LogP contribution in [0, 0.1) is 13.8 Å². The molecule has 11 nitrogen and oxygen atoms in total. The number of sulfonamides is 1. The van der Waals surface area contributed by atoms with Crippen molar-refractivity contribution in [2.75, 3.05) is 60.5 Å².